The minimum atomic E-state index is -4.57. The molecule has 2 fully saturated rings. The van der Waals surface area contributed by atoms with Crippen LogP contribution in [0.5, 0.6) is 0 Å². The van der Waals surface area contributed by atoms with Crippen LogP contribution in [0.15, 0.2) is 24.3 Å². The van der Waals surface area contributed by atoms with Crippen LogP contribution < -0.4 is 11.1 Å². The van der Waals surface area contributed by atoms with E-state index in [1.54, 1.807) is 0 Å². The summed E-state index contributed by atoms with van der Waals surface area (Å²) in [6, 6.07) is 3.27. The van der Waals surface area contributed by atoms with Crippen LogP contribution in [0.2, 0.25) is 0 Å². The second-order valence-electron chi connectivity index (χ2n) is 5.51. The first-order chi connectivity index (χ1) is 11.2. The molecule has 2 saturated heterocycles. The Morgan fingerprint density at radius 2 is 2.00 bits per heavy atom. The number of primary amides is 1. The Morgan fingerprint density at radius 3 is 2.62 bits per heavy atom. The van der Waals surface area contributed by atoms with Crippen LogP contribution in [0.4, 0.5) is 13.2 Å². The molecule has 0 aliphatic carbocycles. The summed E-state index contributed by atoms with van der Waals surface area (Å²) in [7, 11) is 0. The van der Waals surface area contributed by atoms with Gasteiger partial charge in [-0.2, -0.15) is 18.2 Å². The average Bonchev–Trinajstić information content (AvgIpc) is 2.96. The van der Waals surface area contributed by atoms with E-state index in [9.17, 15) is 27.6 Å². The number of halogens is 3. The average molecular weight is 343 g/mol. The molecular weight excluding hydrogens is 331 g/mol. The highest BCUT2D eigenvalue weighted by Crippen LogP contribution is 2.43. The predicted molar refractivity (Wildman–Crippen MR) is 71.6 cm³/mol. The number of hydrogen-bond donors (Lipinski definition) is 2. The van der Waals surface area contributed by atoms with Crippen molar-refractivity contribution in [2.75, 3.05) is 6.54 Å². The van der Waals surface area contributed by atoms with Crippen molar-refractivity contribution in [2.45, 2.75) is 18.3 Å². The number of carbonyl (C=O) groups excluding carboxylic acids is 3. The number of fused-ring (bicyclic) bond motifs is 1. The van der Waals surface area contributed by atoms with Crippen LogP contribution in [0, 0.1) is 5.92 Å². The first kappa shape index (κ1) is 16.4. The van der Waals surface area contributed by atoms with Crippen molar-refractivity contribution >= 4 is 17.7 Å². The maximum atomic E-state index is 12.9. The number of alkyl halides is 3. The highest BCUT2D eigenvalue weighted by Gasteiger charge is 2.56. The van der Waals surface area contributed by atoms with E-state index in [1.807, 2.05) is 0 Å². The van der Waals surface area contributed by atoms with Crippen LogP contribution in [-0.2, 0) is 25.4 Å². The van der Waals surface area contributed by atoms with Crippen molar-refractivity contribution in [3.63, 3.8) is 0 Å². The third-order valence-corrected chi connectivity index (χ3v) is 3.90. The SMILES string of the molecule is NC(=O)CN1OC2C(=O)NC(=O)C2C1c1cccc(C(F)(F)F)c1. The van der Waals surface area contributed by atoms with Crippen LogP contribution in [0.1, 0.15) is 17.2 Å². The highest BCUT2D eigenvalue weighted by atomic mass is 19.4. The number of nitrogens with two attached hydrogens (primary N) is 1. The summed E-state index contributed by atoms with van der Waals surface area (Å²) in [5.74, 6) is -3.23. The molecule has 0 aromatic heterocycles. The summed E-state index contributed by atoms with van der Waals surface area (Å²) < 4.78 is 38.7. The van der Waals surface area contributed by atoms with Gasteiger partial charge in [0.15, 0.2) is 6.10 Å². The monoisotopic (exact) mass is 343 g/mol. The molecule has 128 valence electrons. The Kier molecular flexibility index (Phi) is 3.80. The third-order valence-electron chi connectivity index (χ3n) is 3.90. The fourth-order valence-corrected chi connectivity index (χ4v) is 2.95. The molecule has 3 amide bonds. The van der Waals surface area contributed by atoms with Crippen molar-refractivity contribution in [3.05, 3.63) is 35.4 Å². The van der Waals surface area contributed by atoms with Gasteiger partial charge in [-0.3, -0.25) is 24.5 Å². The Balaban J connectivity index is 2.03. The van der Waals surface area contributed by atoms with Gasteiger partial charge in [0.25, 0.3) is 5.91 Å². The lowest BCUT2D eigenvalue weighted by Gasteiger charge is -2.24. The van der Waals surface area contributed by atoms with E-state index < -0.39 is 54.1 Å². The first-order valence-corrected chi connectivity index (χ1v) is 6.92. The van der Waals surface area contributed by atoms with Crippen molar-refractivity contribution in [3.8, 4) is 0 Å². The Labute approximate surface area is 133 Å². The normalized spacial score (nSPS) is 27.2. The van der Waals surface area contributed by atoms with Crippen LogP contribution >= 0.6 is 0 Å². The fourth-order valence-electron chi connectivity index (χ4n) is 2.95. The lowest BCUT2D eigenvalue weighted by molar-refractivity contribution is -0.176. The number of hydroxylamine groups is 2. The van der Waals surface area contributed by atoms with Gasteiger partial charge in [-0.15, -0.1) is 0 Å². The standard InChI is InChI=1S/C14H12F3N3O4/c15-14(16,17)7-3-1-2-6(4-7)10-9-11(13(23)19-12(9)22)24-20(10)5-8(18)21/h1-4,9-11H,5H2,(H2,18,21)(H,19,22,23). The molecule has 0 bridgehead atoms. The molecule has 2 heterocycles. The van der Waals surface area contributed by atoms with Gasteiger partial charge in [0, 0.05) is 0 Å². The summed E-state index contributed by atoms with van der Waals surface area (Å²) in [5.41, 5.74) is 4.30. The smallest absolute Gasteiger partial charge is 0.368 e. The molecule has 2 aliphatic rings. The van der Waals surface area contributed by atoms with Crippen LogP contribution in [-0.4, -0.2) is 35.4 Å². The highest BCUT2D eigenvalue weighted by molar-refractivity contribution is 6.07. The van der Waals surface area contributed by atoms with E-state index in [-0.39, 0.29) is 5.56 Å². The number of rotatable bonds is 3. The van der Waals surface area contributed by atoms with E-state index >= 15 is 0 Å². The van der Waals surface area contributed by atoms with E-state index in [2.05, 4.69) is 5.32 Å². The van der Waals surface area contributed by atoms with Crippen molar-refractivity contribution in [1.82, 2.24) is 10.4 Å². The van der Waals surface area contributed by atoms with Crippen LogP contribution in [0.25, 0.3) is 0 Å². The lowest BCUT2D eigenvalue weighted by atomic mass is 9.90. The Morgan fingerprint density at radius 1 is 1.29 bits per heavy atom. The molecule has 3 unspecified atom stereocenters. The summed E-state index contributed by atoms with van der Waals surface area (Å²) in [5, 5.41) is 3.06. The topological polar surface area (TPSA) is 102 Å². The second kappa shape index (κ2) is 5.56. The minimum Gasteiger partial charge on any atom is -0.368 e. The predicted octanol–water partition coefficient (Wildman–Crippen LogP) is 0.120. The first-order valence-electron chi connectivity index (χ1n) is 6.92. The molecule has 3 N–H and O–H groups in total. The van der Waals surface area contributed by atoms with Crippen molar-refractivity contribution < 1.29 is 32.4 Å². The molecule has 0 saturated carbocycles. The molecule has 2 aliphatic heterocycles. The Bertz CT molecular complexity index is 721. The zero-order valence-electron chi connectivity index (χ0n) is 12.0. The van der Waals surface area contributed by atoms with E-state index in [0.717, 1.165) is 17.2 Å². The number of nitrogens with zero attached hydrogens (tertiary/aromatic N) is 1. The quantitative estimate of drug-likeness (QED) is 0.759. The number of hydrogen-bond acceptors (Lipinski definition) is 5. The van der Waals surface area contributed by atoms with Gasteiger partial charge in [0.05, 0.1) is 17.5 Å². The summed E-state index contributed by atoms with van der Waals surface area (Å²) >= 11 is 0. The minimum absolute atomic E-state index is 0.100. The molecule has 1 aromatic carbocycles. The molecule has 7 nitrogen and oxygen atoms in total. The fraction of sp³-hybridized carbons (Fsp3) is 0.357. The van der Waals surface area contributed by atoms with E-state index in [4.69, 9.17) is 10.6 Å². The van der Waals surface area contributed by atoms with Gasteiger partial charge in [-0.25, -0.2) is 0 Å². The Hall–Kier alpha value is -2.46. The van der Waals surface area contributed by atoms with Gasteiger partial charge in [0.2, 0.25) is 11.8 Å². The van der Waals surface area contributed by atoms with Crippen molar-refractivity contribution in [1.29, 1.82) is 0 Å². The second-order valence-corrected chi connectivity index (χ2v) is 5.51. The number of imide groups is 1. The maximum Gasteiger partial charge on any atom is 0.416 e. The molecule has 0 radical (unpaired) electrons. The molecule has 24 heavy (non-hydrogen) atoms. The zero-order valence-corrected chi connectivity index (χ0v) is 12.0. The van der Waals surface area contributed by atoms with E-state index in [1.165, 1.54) is 12.1 Å². The maximum absolute atomic E-state index is 12.9. The number of amides is 3. The van der Waals surface area contributed by atoms with Crippen LogP contribution in [0.3, 0.4) is 0 Å². The summed E-state index contributed by atoms with van der Waals surface area (Å²) in [4.78, 5) is 40.2. The molecule has 0 spiro atoms. The molecular formula is C14H12F3N3O4. The molecule has 10 heteroatoms. The van der Waals surface area contributed by atoms with Gasteiger partial charge < -0.3 is 5.73 Å². The van der Waals surface area contributed by atoms with Gasteiger partial charge in [-0.05, 0) is 17.7 Å². The van der Waals surface area contributed by atoms with Crippen molar-refractivity contribution in [2.24, 2.45) is 11.7 Å². The molecule has 3 rings (SSSR count). The third kappa shape index (κ3) is 2.74. The molecule has 1 aromatic rings. The lowest BCUT2D eigenvalue weighted by Crippen LogP contribution is -2.37. The molecule has 3 atom stereocenters. The number of nitrogens with one attached hydrogen (secondary N) is 1. The largest absolute Gasteiger partial charge is 0.416 e. The number of carbonyl (C=O) groups is 3. The van der Waals surface area contributed by atoms with Gasteiger partial charge in [-0.1, -0.05) is 12.1 Å². The van der Waals surface area contributed by atoms with Gasteiger partial charge in [0.1, 0.15) is 6.54 Å². The summed E-state index contributed by atoms with van der Waals surface area (Å²) in [6.07, 6.45) is -5.77. The summed E-state index contributed by atoms with van der Waals surface area (Å²) in [6.45, 7) is -0.464. The zero-order chi connectivity index (χ0) is 17.6. The number of benzene rings is 1. The van der Waals surface area contributed by atoms with Gasteiger partial charge >= 0.3 is 6.18 Å². The van der Waals surface area contributed by atoms with E-state index in [0.29, 0.717) is 0 Å².